The second-order valence-electron chi connectivity index (χ2n) is 4.25. The maximum atomic E-state index is 9.48. The molecule has 1 heterocycles. The molecular weight excluding hydrogens is 266 g/mol. The van der Waals surface area contributed by atoms with Crippen LogP contribution in [0.15, 0.2) is 24.3 Å². The zero-order chi connectivity index (χ0) is 15.5. The van der Waals surface area contributed by atoms with Crippen LogP contribution in [-0.4, -0.2) is 43.1 Å². The molecule has 20 heavy (non-hydrogen) atoms. The minimum atomic E-state index is -0.323. The summed E-state index contributed by atoms with van der Waals surface area (Å²) in [6.07, 6.45) is 0. The Morgan fingerprint density at radius 1 is 0.950 bits per heavy atom. The number of rotatable bonds is 2. The smallest absolute Gasteiger partial charge is 0.376 e. The summed E-state index contributed by atoms with van der Waals surface area (Å²) in [6.45, 7) is 13.7. The summed E-state index contributed by atoms with van der Waals surface area (Å²) >= 11 is 0. The summed E-state index contributed by atoms with van der Waals surface area (Å²) < 4.78 is 0. The van der Waals surface area contributed by atoms with Crippen molar-refractivity contribution < 1.29 is 5.02 Å². The van der Waals surface area contributed by atoms with Crippen LogP contribution in [0.3, 0.4) is 0 Å². The van der Waals surface area contributed by atoms with E-state index in [2.05, 4.69) is 43.2 Å². The van der Waals surface area contributed by atoms with Gasteiger partial charge in [0.1, 0.15) is 0 Å². The van der Waals surface area contributed by atoms with Crippen LogP contribution in [0.2, 0.25) is 6.82 Å². The third-order valence-corrected chi connectivity index (χ3v) is 3.49. The number of hydrogen-bond acceptors (Lipinski definition) is 3. The summed E-state index contributed by atoms with van der Waals surface area (Å²) in [6, 6.07) is 8.53. The summed E-state index contributed by atoms with van der Waals surface area (Å²) in [5.74, 6) is 0. The highest BCUT2D eigenvalue weighted by Gasteiger charge is 2.22. The fourth-order valence-corrected chi connectivity index (χ4v) is 2.23. The average Bonchev–Trinajstić information content (AvgIpc) is 2.52. The van der Waals surface area contributed by atoms with Crippen LogP contribution in [0.5, 0.6) is 0 Å². The van der Waals surface area contributed by atoms with Gasteiger partial charge in [-0.05, 0) is 24.3 Å². The average molecular weight is 296 g/mol. The molecule has 0 saturated carbocycles. The highest BCUT2D eigenvalue weighted by molar-refractivity contribution is 7.27. The predicted molar refractivity (Wildman–Crippen MR) is 96.1 cm³/mol. The van der Waals surface area contributed by atoms with E-state index < -0.39 is 0 Å². The minimum Gasteiger partial charge on any atom is -0.437 e. The molecule has 1 aromatic rings. The van der Waals surface area contributed by atoms with Crippen molar-refractivity contribution in [2.45, 2.75) is 34.5 Å². The Morgan fingerprint density at radius 2 is 1.40 bits per heavy atom. The zero-order valence-corrected chi connectivity index (χ0v) is 14.8. The van der Waals surface area contributed by atoms with Crippen molar-refractivity contribution in [3.63, 3.8) is 0 Å². The van der Waals surface area contributed by atoms with Crippen LogP contribution in [-0.2, 0) is 0 Å². The van der Waals surface area contributed by atoms with Crippen molar-refractivity contribution in [3.05, 3.63) is 24.3 Å². The van der Waals surface area contributed by atoms with Crippen LogP contribution < -0.4 is 10.2 Å². The van der Waals surface area contributed by atoms with Crippen LogP contribution in [0.1, 0.15) is 27.7 Å². The molecular formula is C15H30BN2OP. The minimum absolute atomic E-state index is 0.323. The van der Waals surface area contributed by atoms with Gasteiger partial charge in [-0.2, -0.15) is 0 Å². The lowest BCUT2D eigenvalue weighted by molar-refractivity contribution is 0.344. The summed E-state index contributed by atoms with van der Waals surface area (Å²) in [7, 11) is 2.38. The Morgan fingerprint density at radius 3 is 1.80 bits per heavy atom. The van der Waals surface area contributed by atoms with E-state index in [-0.39, 0.29) is 7.05 Å². The number of benzene rings is 1. The van der Waals surface area contributed by atoms with Gasteiger partial charge in [0, 0.05) is 31.9 Å². The molecule has 5 heteroatoms. The van der Waals surface area contributed by atoms with Crippen LogP contribution >= 0.6 is 9.24 Å². The third-order valence-electron chi connectivity index (χ3n) is 3.10. The second kappa shape index (κ2) is 11.1. The van der Waals surface area contributed by atoms with Crippen molar-refractivity contribution in [1.29, 1.82) is 0 Å². The Bertz CT molecular complexity index is 338. The molecule has 2 rings (SSSR count). The van der Waals surface area contributed by atoms with Gasteiger partial charge in [-0.15, -0.1) is 9.24 Å². The first-order valence-electron chi connectivity index (χ1n) is 7.69. The van der Waals surface area contributed by atoms with Crippen LogP contribution in [0, 0.1) is 0 Å². The standard InChI is InChI=1S/C11H18BN2OP.2C2H6/c1-12(15)14-8-6-13(7-9-14)10-2-4-11(16)5-3-10;2*1-2/h2-5,15H,6-9,16H2,1H3;2*1-2H3. The molecule has 1 aromatic carbocycles. The zero-order valence-electron chi connectivity index (χ0n) is 13.6. The first kappa shape index (κ1) is 19.4. The maximum Gasteiger partial charge on any atom is 0.376 e. The molecule has 0 amide bonds. The molecule has 1 fully saturated rings. The second-order valence-corrected chi connectivity index (χ2v) is 4.91. The number of nitrogens with zero attached hydrogens (tertiary/aromatic N) is 2. The van der Waals surface area contributed by atoms with Crippen LogP contribution in [0.25, 0.3) is 0 Å². The van der Waals surface area contributed by atoms with E-state index in [0.29, 0.717) is 0 Å². The third kappa shape index (κ3) is 6.26. The van der Waals surface area contributed by atoms with Crippen molar-refractivity contribution in [1.82, 2.24) is 4.81 Å². The monoisotopic (exact) mass is 296 g/mol. The molecule has 114 valence electrons. The van der Waals surface area contributed by atoms with E-state index in [9.17, 15) is 5.02 Å². The molecule has 1 N–H and O–H groups in total. The SMILES string of the molecule is CB(O)N1CCN(c2ccc(P)cc2)CC1.CC.CC. The Kier molecular flexibility index (Phi) is 10.8. The largest absolute Gasteiger partial charge is 0.437 e. The van der Waals surface area contributed by atoms with Gasteiger partial charge < -0.3 is 14.7 Å². The van der Waals surface area contributed by atoms with Gasteiger partial charge in [0.25, 0.3) is 0 Å². The number of piperazine rings is 1. The van der Waals surface area contributed by atoms with Gasteiger partial charge in [0.05, 0.1) is 0 Å². The molecule has 1 aliphatic rings. The molecule has 0 aromatic heterocycles. The molecule has 0 aliphatic carbocycles. The molecule has 1 saturated heterocycles. The topological polar surface area (TPSA) is 26.7 Å². The van der Waals surface area contributed by atoms with Crippen molar-refractivity contribution in [2.75, 3.05) is 31.1 Å². The van der Waals surface area contributed by atoms with Gasteiger partial charge in [0.15, 0.2) is 0 Å². The maximum absolute atomic E-state index is 9.48. The molecule has 0 spiro atoms. The summed E-state index contributed by atoms with van der Waals surface area (Å²) in [5.41, 5.74) is 1.27. The van der Waals surface area contributed by atoms with E-state index >= 15 is 0 Å². The molecule has 3 nitrogen and oxygen atoms in total. The van der Waals surface area contributed by atoms with Crippen molar-refractivity contribution in [3.8, 4) is 0 Å². The molecule has 1 unspecified atom stereocenters. The highest BCUT2D eigenvalue weighted by Crippen LogP contribution is 2.15. The van der Waals surface area contributed by atoms with Crippen molar-refractivity contribution in [2.24, 2.45) is 0 Å². The van der Waals surface area contributed by atoms with Gasteiger partial charge in [-0.3, -0.25) is 0 Å². The quantitative estimate of drug-likeness (QED) is 0.671. The lowest BCUT2D eigenvalue weighted by atomic mass is 9.84. The number of hydrogen-bond donors (Lipinski definition) is 1. The van der Waals surface area contributed by atoms with E-state index in [0.717, 1.165) is 26.2 Å². The lowest BCUT2D eigenvalue weighted by Gasteiger charge is -2.36. The Labute approximate surface area is 127 Å². The first-order valence-corrected chi connectivity index (χ1v) is 8.27. The van der Waals surface area contributed by atoms with E-state index in [1.54, 1.807) is 0 Å². The fourth-order valence-electron chi connectivity index (χ4n) is 2.04. The predicted octanol–water partition coefficient (Wildman–Crippen LogP) is 2.47. The number of anilines is 1. The molecule has 0 bridgehead atoms. The summed E-state index contributed by atoms with van der Waals surface area (Å²) in [5, 5.41) is 10.7. The van der Waals surface area contributed by atoms with E-state index in [1.165, 1.54) is 11.0 Å². The van der Waals surface area contributed by atoms with Gasteiger partial charge >= 0.3 is 7.05 Å². The summed E-state index contributed by atoms with van der Waals surface area (Å²) in [4.78, 5) is 4.46. The van der Waals surface area contributed by atoms with Crippen LogP contribution in [0.4, 0.5) is 5.69 Å². The molecule has 1 aliphatic heterocycles. The highest BCUT2D eigenvalue weighted by atomic mass is 31.0. The Hall–Kier alpha value is -0.565. The Balaban J connectivity index is 0.000000829. The van der Waals surface area contributed by atoms with Crippen molar-refractivity contribution >= 4 is 27.3 Å². The van der Waals surface area contributed by atoms with Gasteiger partial charge in [-0.1, -0.05) is 39.8 Å². The first-order chi connectivity index (χ1) is 9.66. The van der Waals surface area contributed by atoms with E-state index in [4.69, 9.17) is 0 Å². The van der Waals surface area contributed by atoms with Gasteiger partial charge in [0.2, 0.25) is 0 Å². The normalized spacial score (nSPS) is 14.7. The lowest BCUT2D eigenvalue weighted by Crippen LogP contribution is -2.51. The van der Waals surface area contributed by atoms with E-state index in [1.807, 2.05) is 34.5 Å². The molecule has 0 radical (unpaired) electrons. The molecule has 1 atom stereocenters. The van der Waals surface area contributed by atoms with Gasteiger partial charge in [-0.25, -0.2) is 0 Å². The fraction of sp³-hybridized carbons (Fsp3) is 0.600.